The number of aromatic nitrogens is 2. The topological polar surface area (TPSA) is 61.0 Å². The Labute approximate surface area is 160 Å². The van der Waals surface area contributed by atoms with Gasteiger partial charge in [-0.15, -0.1) is 0 Å². The molecule has 0 saturated heterocycles. The van der Waals surface area contributed by atoms with Crippen LogP contribution in [0.1, 0.15) is 12.0 Å². The number of H-pyrrole nitrogens is 1. The molecule has 0 spiro atoms. The molecule has 2 amide bonds. The van der Waals surface area contributed by atoms with Gasteiger partial charge in [0, 0.05) is 41.5 Å². The lowest BCUT2D eigenvalue weighted by Gasteiger charge is -2.27. The number of anilines is 1. The number of nitrogens with zero attached hydrogens (tertiary/aromatic N) is 2. The van der Waals surface area contributed by atoms with Gasteiger partial charge in [-0.05, 0) is 42.3 Å². The number of carbonyl (C=O) groups excluding carboxylic acids is 1. The lowest BCUT2D eigenvalue weighted by molar-refractivity contribution is 0.217. The summed E-state index contributed by atoms with van der Waals surface area (Å²) in [5.74, 6) is 0. The fraction of sp³-hybridized carbons (Fsp3) is 0.158. The SMILES string of the molecule is O=C(Nc1cc(Cl)ccc1Cl)N1CC=C(c2c[nH]c3ncccc23)CC1. The Morgan fingerprint density at radius 3 is 2.96 bits per heavy atom. The molecule has 0 radical (unpaired) electrons. The van der Waals surface area contributed by atoms with Gasteiger partial charge in [-0.25, -0.2) is 9.78 Å². The molecule has 0 fully saturated rings. The molecule has 3 aromatic rings. The lowest BCUT2D eigenvalue weighted by atomic mass is 10.00. The highest BCUT2D eigenvalue weighted by Crippen LogP contribution is 2.29. The number of hydrogen-bond donors (Lipinski definition) is 2. The quantitative estimate of drug-likeness (QED) is 0.636. The van der Waals surface area contributed by atoms with Gasteiger partial charge < -0.3 is 15.2 Å². The highest BCUT2D eigenvalue weighted by Gasteiger charge is 2.20. The summed E-state index contributed by atoms with van der Waals surface area (Å²) in [6, 6.07) is 8.79. The molecule has 0 saturated carbocycles. The summed E-state index contributed by atoms with van der Waals surface area (Å²) in [7, 11) is 0. The molecule has 1 aliphatic rings. The van der Waals surface area contributed by atoms with Crippen LogP contribution < -0.4 is 5.32 Å². The van der Waals surface area contributed by atoms with Gasteiger partial charge in [0.2, 0.25) is 0 Å². The van der Waals surface area contributed by atoms with Crippen molar-refractivity contribution in [3.63, 3.8) is 0 Å². The summed E-state index contributed by atoms with van der Waals surface area (Å²) in [5, 5.41) is 4.91. The van der Waals surface area contributed by atoms with E-state index in [0.717, 1.165) is 23.0 Å². The van der Waals surface area contributed by atoms with Gasteiger partial charge >= 0.3 is 6.03 Å². The van der Waals surface area contributed by atoms with Crippen LogP contribution in [0.15, 0.2) is 48.8 Å². The van der Waals surface area contributed by atoms with Crippen LogP contribution in [0, 0.1) is 0 Å². The third-order valence-corrected chi connectivity index (χ3v) is 5.03. The number of benzene rings is 1. The lowest BCUT2D eigenvalue weighted by Crippen LogP contribution is -2.37. The normalized spacial score (nSPS) is 14.4. The van der Waals surface area contributed by atoms with Gasteiger partial charge in [0.15, 0.2) is 0 Å². The van der Waals surface area contributed by atoms with E-state index in [-0.39, 0.29) is 6.03 Å². The van der Waals surface area contributed by atoms with Crippen LogP contribution in [0.4, 0.5) is 10.5 Å². The van der Waals surface area contributed by atoms with E-state index in [9.17, 15) is 4.79 Å². The molecule has 132 valence electrons. The van der Waals surface area contributed by atoms with Crippen LogP contribution in [0.5, 0.6) is 0 Å². The van der Waals surface area contributed by atoms with Gasteiger partial charge in [-0.2, -0.15) is 0 Å². The van der Waals surface area contributed by atoms with Crippen LogP contribution in [0.3, 0.4) is 0 Å². The summed E-state index contributed by atoms with van der Waals surface area (Å²) in [6.07, 6.45) is 6.60. The van der Waals surface area contributed by atoms with E-state index < -0.39 is 0 Å². The first-order valence-corrected chi connectivity index (χ1v) is 9.00. The first-order valence-electron chi connectivity index (χ1n) is 8.24. The minimum absolute atomic E-state index is 0.190. The van der Waals surface area contributed by atoms with Crippen LogP contribution >= 0.6 is 23.2 Å². The summed E-state index contributed by atoms with van der Waals surface area (Å²) < 4.78 is 0. The van der Waals surface area contributed by atoms with Crippen molar-refractivity contribution in [1.29, 1.82) is 0 Å². The Hall–Kier alpha value is -2.50. The molecule has 1 aliphatic heterocycles. The van der Waals surface area contributed by atoms with Gasteiger partial charge in [-0.1, -0.05) is 29.3 Å². The van der Waals surface area contributed by atoms with E-state index in [2.05, 4.69) is 27.4 Å². The Kier molecular flexibility index (Phi) is 4.57. The van der Waals surface area contributed by atoms with Gasteiger partial charge in [-0.3, -0.25) is 0 Å². The molecule has 1 aromatic carbocycles. The molecule has 0 aliphatic carbocycles. The fourth-order valence-corrected chi connectivity index (χ4v) is 3.44. The van der Waals surface area contributed by atoms with E-state index in [1.165, 1.54) is 5.57 Å². The number of carbonyl (C=O) groups is 1. The minimum atomic E-state index is -0.190. The number of nitrogens with one attached hydrogen (secondary N) is 2. The zero-order chi connectivity index (χ0) is 18.1. The molecule has 5 nitrogen and oxygen atoms in total. The first kappa shape index (κ1) is 16.9. The number of amides is 2. The number of fused-ring (bicyclic) bond motifs is 1. The zero-order valence-electron chi connectivity index (χ0n) is 13.8. The molecule has 0 unspecified atom stereocenters. The van der Waals surface area contributed by atoms with E-state index in [1.54, 1.807) is 29.3 Å². The number of hydrogen-bond acceptors (Lipinski definition) is 2. The summed E-state index contributed by atoms with van der Waals surface area (Å²) in [4.78, 5) is 21.8. The van der Waals surface area contributed by atoms with Gasteiger partial charge in [0.25, 0.3) is 0 Å². The second-order valence-electron chi connectivity index (χ2n) is 6.08. The van der Waals surface area contributed by atoms with E-state index >= 15 is 0 Å². The number of rotatable bonds is 2. The third kappa shape index (κ3) is 3.28. The molecule has 7 heteroatoms. The van der Waals surface area contributed by atoms with Crippen molar-refractivity contribution in [1.82, 2.24) is 14.9 Å². The molecule has 3 heterocycles. The predicted octanol–water partition coefficient (Wildman–Crippen LogP) is 5.19. The van der Waals surface area contributed by atoms with Crippen LogP contribution in [-0.4, -0.2) is 34.0 Å². The maximum absolute atomic E-state index is 12.5. The van der Waals surface area contributed by atoms with Crippen LogP contribution in [0.2, 0.25) is 10.0 Å². The van der Waals surface area contributed by atoms with E-state index in [0.29, 0.717) is 28.8 Å². The number of aromatic amines is 1. The second kappa shape index (κ2) is 7.02. The van der Waals surface area contributed by atoms with Crippen molar-refractivity contribution in [2.45, 2.75) is 6.42 Å². The number of urea groups is 1. The van der Waals surface area contributed by atoms with Crippen molar-refractivity contribution in [3.8, 4) is 0 Å². The number of pyridine rings is 1. The molecule has 2 aromatic heterocycles. The van der Waals surface area contributed by atoms with Crippen LogP contribution in [0.25, 0.3) is 16.6 Å². The summed E-state index contributed by atoms with van der Waals surface area (Å²) >= 11 is 12.1. The van der Waals surface area contributed by atoms with Crippen molar-refractivity contribution >= 4 is 51.5 Å². The average Bonchev–Trinajstić information content (AvgIpc) is 3.09. The Morgan fingerprint density at radius 2 is 2.15 bits per heavy atom. The van der Waals surface area contributed by atoms with E-state index in [4.69, 9.17) is 23.2 Å². The summed E-state index contributed by atoms with van der Waals surface area (Å²) in [6.45, 7) is 1.16. The zero-order valence-corrected chi connectivity index (χ0v) is 15.3. The first-order chi connectivity index (χ1) is 12.6. The molecule has 0 bridgehead atoms. The fourth-order valence-electron chi connectivity index (χ4n) is 3.11. The van der Waals surface area contributed by atoms with Crippen molar-refractivity contribution in [2.24, 2.45) is 0 Å². The molecule has 4 rings (SSSR count). The highest BCUT2D eigenvalue weighted by atomic mass is 35.5. The molecular formula is C19H16Cl2N4O. The minimum Gasteiger partial charge on any atom is -0.346 e. The van der Waals surface area contributed by atoms with Crippen LogP contribution in [-0.2, 0) is 0 Å². The Bertz CT molecular complexity index is 1010. The molecule has 2 N–H and O–H groups in total. The monoisotopic (exact) mass is 386 g/mol. The third-order valence-electron chi connectivity index (χ3n) is 4.46. The van der Waals surface area contributed by atoms with E-state index in [1.807, 2.05) is 12.3 Å². The maximum atomic E-state index is 12.5. The van der Waals surface area contributed by atoms with Gasteiger partial charge in [0.1, 0.15) is 5.65 Å². The average molecular weight is 387 g/mol. The standard InChI is InChI=1S/C19H16Cl2N4O/c20-13-3-4-16(21)17(10-13)24-19(26)25-8-5-12(6-9-25)15-11-23-18-14(15)2-1-7-22-18/h1-5,7,10-11H,6,8-9H2,(H,22,23)(H,24,26). The Balaban J connectivity index is 1.48. The molecular weight excluding hydrogens is 371 g/mol. The molecule has 0 atom stereocenters. The van der Waals surface area contributed by atoms with Crippen molar-refractivity contribution in [3.05, 3.63) is 64.4 Å². The summed E-state index contributed by atoms with van der Waals surface area (Å²) in [5.41, 5.74) is 3.75. The van der Waals surface area contributed by atoms with Gasteiger partial charge in [0.05, 0.1) is 10.7 Å². The van der Waals surface area contributed by atoms with Crippen molar-refractivity contribution in [2.75, 3.05) is 18.4 Å². The second-order valence-corrected chi connectivity index (χ2v) is 6.93. The van der Waals surface area contributed by atoms with Crippen molar-refractivity contribution < 1.29 is 4.79 Å². The maximum Gasteiger partial charge on any atom is 0.322 e. The smallest absolute Gasteiger partial charge is 0.322 e. The molecule has 26 heavy (non-hydrogen) atoms. The largest absolute Gasteiger partial charge is 0.346 e. The number of halogens is 2. The predicted molar refractivity (Wildman–Crippen MR) is 106 cm³/mol. The highest BCUT2D eigenvalue weighted by molar-refractivity contribution is 6.35. The Morgan fingerprint density at radius 1 is 1.27 bits per heavy atom.